The van der Waals surface area contributed by atoms with E-state index in [1.165, 1.54) is 0 Å². The molecule has 2 fully saturated rings. The van der Waals surface area contributed by atoms with Gasteiger partial charge in [-0.05, 0) is 27.7 Å². The molecule has 0 spiro atoms. The molecule has 0 aromatic rings. The summed E-state index contributed by atoms with van der Waals surface area (Å²) in [4.78, 5) is 20.4. The molecule has 140 valence electrons. The van der Waals surface area contributed by atoms with Gasteiger partial charge < -0.3 is 49.0 Å². The Balaban J connectivity index is 0.000000443. The third-order valence-corrected chi connectivity index (χ3v) is 3.25. The number of ether oxygens (including phenoxy) is 4. The van der Waals surface area contributed by atoms with Crippen LogP contribution in [-0.2, 0) is 28.5 Å². The predicted octanol–water partition coefficient (Wildman–Crippen LogP) is -3.88. The Hall–Kier alpha value is -0.0403. The van der Waals surface area contributed by atoms with Crippen molar-refractivity contribution in [3.05, 3.63) is 0 Å². The quantitative estimate of drug-likeness (QED) is 0.455. The number of aliphatic hydroxyl groups is 2. The number of aliphatic carboxylic acids is 2. The molecule has 2 saturated heterocycles. The first-order chi connectivity index (χ1) is 10.8. The summed E-state index contributed by atoms with van der Waals surface area (Å²) in [7, 11) is 0. The molecule has 0 bridgehead atoms. The summed E-state index contributed by atoms with van der Waals surface area (Å²) in [5.41, 5.74) is 0. The molecular formula is C14H22CaO10. The van der Waals surface area contributed by atoms with Crippen LogP contribution >= 0.6 is 0 Å². The van der Waals surface area contributed by atoms with Gasteiger partial charge in [-0.2, -0.15) is 0 Å². The van der Waals surface area contributed by atoms with E-state index in [9.17, 15) is 19.8 Å². The van der Waals surface area contributed by atoms with E-state index in [1.54, 1.807) is 27.7 Å². The van der Waals surface area contributed by atoms with Crippen molar-refractivity contribution in [3.63, 3.8) is 0 Å². The molecule has 2 aliphatic heterocycles. The summed E-state index contributed by atoms with van der Waals surface area (Å²) in [5, 5.41) is 38.4. The zero-order valence-electron chi connectivity index (χ0n) is 14.6. The maximum Gasteiger partial charge on any atom is 2.00 e. The molecule has 10 nitrogen and oxygen atoms in total. The second kappa shape index (κ2) is 9.77. The van der Waals surface area contributed by atoms with Gasteiger partial charge in [-0.1, -0.05) is 0 Å². The molecule has 0 amide bonds. The van der Waals surface area contributed by atoms with Crippen molar-refractivity contribution in [1.82, 2.24) is 0 Å². The van der Waals surface area contributed by atoms with Gasteiger partial charge in [-0.15, -0.1) is 0 Å². The van der Waals surface area contributed by atoms with Gasteiger partial charge >= 0.3 is 37.7 Å². The van der Waals surface area contributed by atoms with Gasteiger partial charge in [-0.25, -0.2) is 0 Å². The van der Waals surface area contributed by atoms with Crippen molar-refractivity contribution in [2.75, 3.05) is 13.2 Å². The minimum Gasteiger partial charge on any atom is -0.547 e. The standard InChI is InChI=1S/2C7H12O5.Ca/c2*1-7(2)11-3-4(12-7)5(8)6(9)10;/h2*4-5,8H,3H2,1-2H3,(H,9,10);/q;;+2/p-2. The number of rotatable bonds is 4. The van der Waals surface area contributed by atoms with Crippen molar-refractivity contribution in [1.29, 1.82) is 0 Å². The van der Waals surface area contributed by atoms with Gasteiger partial charge in [0.15, 0.2) is 11.6 Å². The molecular weight excluding hydrogens is 368 g/mol. The molecule has 4 atom stereocenters. The Bertz CT molecular complexity index is 425. The fourth-order valence-electron chi connectivity index (χ4n) is 2.05. The molecule has 0 saturated carbocycles. The van der Waals surface area contributed by atoms with Crippen LogP contribution in [0.3, 0.4) is 0 Å². The molecule has 11 heteroatoms. The second-order valence-corrected chi connectivity index (χ2v) is 6.26. The van der Waals surface area contributed by atoms with E-state index in [-0.39, 0.29) is 51.0 Å². The number of hydrogen-bond acceptors (Lipinski definition) is 10. The first-order valence-corrected chi connectivity index (χ1v) is 7.26. The summed E-state index contributed by atoms with van der Waals surface area (Å²) in [5.74, 6) is -4.72. The Kier molecular flexibility index (Phi) is 9.75. The SMILES string of the molecule is CC1(C)OCC(C(O)C(=O)[O-])O1.CC1(C)OCC(C(O)C(=O)[O-])O1.[Ca+2]. The average Bonchev–Trinajstić information content (AvgIpc) is 2.99. The minimum atomic E-state index is -1.62. The molecule has 0 aromatic carbocycles. The first kappa shape index (κ1) is 25.0. The Labute approximate surface area is 175 Å². The van der Waals surface area contributed by atoms with Gasteiger partial charge in [0, 0.05) is 0 Å². The average molecular weight is 390 g/mol. The fourth-order valence-corrected chi connectivity index (χ4v) is 2.05. The fraction of sp³-hybridized carbons (Fsp3) is 0.857. The molecule has 0 aliphatic carbocycles. The molecule has 2 aliphatic rings. The van der Waals surface area contributed by atoms with Crippen LogP contribution in [0.5, 0.6) is 0 Å². The van der Waals surface area contributed by atoms with E-state index in [0.29, 0.717) is 0 Å². The molecule has 2 rings (SSSR count). The van der Waals surface area contributed by atoms with Crippen LogP contribution in [-0.4, -0.2) is 109 Å². The molecule has 0 aromatic heterocycles. The van der Waals surface area contributed by atoms with Gasteiger partial charge in [0.05, 0.1) is 25.2 Å². The number of carboxylic acid groups (broad SMARTS) is 2. The molecule has 25 heavy (non-hydrogen) atoms. The maximum atomic E-state index is 10.2. The minimum absolute atomic E-state index is 0. The molecule has 4 unspecified atom stereocenters. The van der Waals surface area contributed by atoms with E-state index in [0.717, 1.165) is 0 Å². The van der Waals surface area contributed by atoms with Crippen molar-refractivity contribution in [2.24, 2.45) is 0 Å². The Morgan fingerprint density at radius 1 is 0.880 bits per heavy atom. The zero-order valence-corrected chi connectivity index (χ0v) is 16.8. The monoisotopic (exact) mass is 390 g/mol. The zero-order chi connectivity index (χ0) is 18.7. The number of carboxylic acids is 2. The second-order valence-electron chi connectivity index (χ2n) is 6.26. The molecule has 0 radical (unpaired) electrons. The van der Waals surface area contributed by atoms with Crippen molar-refractivity contribution in [3.8, 4) is 0 Å². The van der Waals surface area contributed by atoms with E-state index in [1.807, 2.05) is 0 Å². The maximum absolute atomic E-state index is 10.2. The van der Waals surface area contributed by atoms with Gasteiger partial charge in [0.2, 0.25) is 0 Å². The topological polar surface area (TPSA) is 158 Å². The normalized spacial score (nSPS) is 28.9. The summed E-state index contributed by atoms with van der Waals surface area (Å²) < 4.78 is 20.3. The van der Waals surface area contributed by atoms with Gasteiger partial charge in [0.1, 0.15) is 24.4 Å². The smallest absolute Gasteiger partial charge is 0.547 e. The molecule has 2 heterocycles. The van der Waals surface area contributed by atoms with Crippen molar-refractivity contribution < 1.29 is 49.0 Å². The Morgan fingerprint density at radius 2 is 1.16 bits per heavy atom. The van der Waals surface area contributed by atoms with Crippen LogP contribution in [0.1, 0.15) is 27.7 Å². The van der Waals surface area contributed by atoms with Crippen molar-refractivity contribution in [2.45, 2.75) is 63.7 Å². The van der Waals surface area contributed by atoms with E-state index < -0.39 is 47.9 Å². The third-order valence-electron chi connectivity index (χ3n) is 3.25. The summed E-state index contributed by atoms with van der Waals surface area (Å²) in [6.45, 7) is 6.73. The Morgan fingerprint density at radius 3 is 1.32 bits per heavy atom. The van der Waals surface area contributed by atoms with Gasteiger partial charge in [0.25, 0.3) is 0 Å². The van der Waals surface area contributed by atoms with Crippen LogP contribution in [0.2, 0.25) is 0 Å². The van der Waals surface area contributed by atoms with Crippen LogP contribution < -0.4 is 10.2 Å². The summed E-state index contributed by atoms with van der Waals surface area (Å²) in [6, 6.07) is 0. The van der Waals surface area contributed by atoms with Crippen LogP contribution in [0.4, 0.5) is 0 Å². The number of hydrogen-bond donors (Lipinski definition) is 2. The van der Waals surface area contributed by atoms with Crippen molar-refractivity contribution >= 4 is 49.7 Å². The van der Waals surface area contributed by atoms with E-state index >= 15 is 0 Å². The number of carbonyl (C=O) groups excluding carboxylic acids is 2. The number of aliphatic hydroxyl groups excluding tert-OH is 2. The first-order valence-electron chi connectivity index (χ1n) is 7.26. The van der Waals surface area contributed by atoms with Crippen LogP contribution in [0, 0.1) is 0 Å². The summed E-state index contributed by atoms with van der Waals surface area (Å²) >= 11 is 0. The van der Waals surface area contributed by atoms with E-state index in [2.05, 4.69) is 0 Å². The van der Waals surface area contributed by atoms with Gasteiger partial charge in [-0.3, -0.25) is 0 Å². The largest absolute Gasteiger partial charge is 2.00 e. The third kappa shape index (κ3) is 8.02. The molecule has 2 N–H and O–H groups in total. The number of carbonyl (C=O) groups is 2. The van der Waals surface area contributed by atoms with Crippen LogP contribution in [0.15, 0.2) is 0 Å². The van der Waals surface area contributed by atoms with Crippen LogP contribution in [0.25, 0.3) is 0 Å². The summed E-state index contributed by atoms with van der Waals surface area (Å²) in [6.07, 6.45) is -4.89. The van der Waals surface area contributed by atoms with E-state index in [4.69, 9.17) is 29.2 Å². The predicted molar refractivity (Wildman–Crippen MR) is 77.6 cm³/mol.